The van der Waals surface area contributed by atoms with E-state index in [1.165, 1.54) is 45.7 Å². The zero-order valence-electron chi connectivity index (χ0n) is 17.4. The average molecular weight is 501 g/mol. The topological polar surface area (TPSA) is 26.3 Å². The van der Waals surface area contributed by atoms with E-state index < -0.39 is 5.60 Å². The number of benzene rings is 2. The third-order valence-corrected chi connectivity index (χ3v) is 10.4. The van der Waals surface area contributed by atoms with E-state index in [2.05, 4.69) is 56.3 Å². The van der Waals surface area contributed by atoms with Gasteiger partial charge < -0.3 is 4.74 Å². The Kier molecular flexibility index (Phi) is 5.00. The average Bonchev–Trinajstić information content (AvgIpc) is 2.68. The van der Waals surface area contributed by atoms with Crippen molar-refractivity contribution < 1.29 is 30.7 Å². The molecule has 2 aromatic rings. The van der Waals surface area contributed by atoms with Gasteiger partial charge in [-0.25, -0.2) is 4.79 Å². The molecule has 0 atom stereocenters. The first-order valence-electron chi connectivity index (χ1n) is 11.0. The van der Waals surface area contributed by atoms with Crippen LogP contribution in [0.1, 0.15) is 62.7 Å². The molecule has 0 spiro atoms. The number of ether oxygens (including phenoxy) is 1. The van der Waals surface area contributed by atoms with Crippen LogP contribution >= 0.6 is 0 Å². The molecule has 4 aliphatic carbocycles. The maximum absolute atomic E-state index is 13.0. The Morgan fingerprint density at radius 2 is 1.38 bits per heavy atom. The van der Waals surface area contributed by atoms with Gasteiger partial charge in [0.1, 0.15) is 5.60 Å². The molecule has 0 unspecified atom stereocenters. The van der Waals surface area contributed by atoms with Gasteiger partial charge in [-0.1, -0.05) is 18.2 Å². The molecular weight excluding hydrogens is 471 g/mol. The van der Waals surface area contributed by atoms with Crippen LogP contribution in [0.3, 0.4) is 0 Å². The number of carbonyl (C=O) groups excluding carboxylic acids is 1. The van der Waals surface area contributed by atoms with Gasteiger partial charge in [0.2, 0.25) is 0 Å². The van der Waals surface area contributed by atoms with Crippen LogP contribution in [0.25, 0.3) is 0 Å². The second-order valence-electron chi connectivity index (χ2n) is 9.99. The van der Waals surface area contributed by atoms with E-state index in [1.54, 1.807) is 0 Å². The van der Waals surface area contributed by atoms with Crippen LogP contribution in [-0.4, -0.2) is 11.6 Å². The molecule has 29 heavy (non-hydrogen) atoms. The summed E-state index contributed by atoms with van der Waals surface area (Å²) in [4.78, 5) is 13.0. The third kappa shape index (κ3) is 3.75. The number of rotatable bonds is 5. The van der Waals surface area contributed by atoms with Crippen LogP contribution in [0.15, 0.2) is 54.6 Å². The molecule has 0 aromatic heterocycles. The van der Waals surface area contributed by atoms with E-state index in [1.807, 2.05) is 12.1 Å². The van der Waals surface area contributed by atoms with Gasteiger partial charge in [-0.2, -0.15) is 0 Å². The van der Waals surface area contributed by atoms with Crippen molar-refractivity contribution in [2.45, 2.75) is 58.0 Å². The molecule has 0 aliphatic heterocycles. The molecule has 4 fully saturated rings. The summed E-state index contributed by atoms with van der Waals surface area (Å²) in [7, 11) is 0. The molecule has 2 aromatic carbocycles. The first-order valence-corrected chi connectivity index (χ1v) is 13.1. The summed E-state index contributed by atoms with van der Waals surface area (Å²) in [6.45, 7) is 4.35. The van der Waals surface area contributed by atoms with Crippen molar-refractivity contribution in [2.75, 3.05) is 0 Å². The molecular formula is C26H30IO2+. The maximum atomic E-state index is 13.0. The van der Waals surface area contributed by atoms with Gasteiger partial charge in [0.15, 0.2) is 7.14 Å². The zero-order chi connectivity index (χ0) is 20.1. The highest BCUT2D eigenvalue weighted by atomic mass is 127. The molecule has 152 valence electrons. The fourth-order valence-electron chi connectivity index (χ4n) is 6.50. The van der Waals surface area contributed by atoms with Crippen LogP contribution < -0.4 is 21.2 Å². The summed E-state index contributed by atoms with van der Waals surface area (Å²) in [6.07, 6.45) is 7.99. The third-order valence-electron chi connectivity index (χ3n) is 7.69. The van der Waals surface area contributed by atoms with Crippen molar-refractivity contribution in [2.24, 2.45) is 23.2 Å². The minimum atomic E-state index is -0.393. The van der Waals surface area contributed by atoms with Gasteiger partial charge >= 0.3 is 27.2 Å². The fourth-order valence-corrected chi connectivity index (χ4v) is 8.71. The van der Waals surface area contributed by atoms with Crippen molar-refractivity contribution in [1.82, 2.24) is 0 Å². The number of halogens is 1. The molecule has 0 N–H and O–H groups in total. The zero-order valence-corrected chi connectivity index (χ0v) is 19.5. The van der Waals surface area contributed by atoms with E-state index in [0.29, 0.717) is 5.56 Å². The Labute approximate surface area is 184 Å². The molecule has 0 amide bonds. The van der Waals surface area contributed by atoms with Gasteiger partial charge in [-0.15, -0.1) is 0 Å². The summed E-state index contributed by atoms with van der Waals surface area (Å²) in [5, 5.41) is 0. The lowest BCUT2D eigenvalue weighted by Crippen LogP contribution is -3.61. The van der Waals surface area contributed by atoms with E-state index in [0.717, 1.165) is 17.8 Å². The fraction of sp³-hybridized carbons (Fsp3) is 0.500. The molecule has 0 saturated heterocycles. The highest BCUT2D eigenvalue weighted by molar-refractivity contribution is 5.89. The normalized spacial score (nSPS) is 30.3. The highest BCUT2D eigenvalue weighted by Crippen LogP contribution is 2.64. The standard InChI is InChI=1S/C26H30IO2/c1-25(2,26-15-18-12-19(16-26)14-20(13-18)17-26)29-24(28)21-8-10-23(11-9-21)27-22-6-4-3-5-7-22/h3-11,18-20H,12-17H2,1-2H3/q+1. The molecule has 4 bridgehead atoms. The minimum Gasteiger partial charge on any atom is -0.455 e. The maximum Gasteiger partial charge on any atom is 0.357 e. The largest absolute Gasteiger partial charge is 0.455 e. The van der Waals surface area contributed by atoms with Crippen molar-refractivity contribution in [3.63, 3.8) is 0 Å². The molecule has 4 aliphatic rings. The predicted molar refractivity (Wildman–Crippen MR) is 110 cm³/mol. The Hall–Kier alpha value is -1.36. The second-order valence-corrected chi connectivity index (χ2v) is 13.0. The summed E-state index contributed by atoms with van der Waals surface area (Å²) in [5.41, 5.74) is 0.481. The van der Waals surface area contributed by atoms with Crippen molar-refractivity contribution in [3.8, 4) is 0 Å². The predicted octanol–water partition coefficient (Wildman–Crippen LogP) is 2.97. The van der Waals surface area contributed by atoms with Crippen LogP contribution in [0.2, 0.25) is 0 Å². The smallest absolute Gasteiger partial charge is 0.357 e. The van der Waals surface area contributed by atoms with Gasteiger partial charge in [-0.3, -0.25) is 0 Å². The number of hydrogen-bond donors (Lipinski definition) is 0. The lowest BCUT2D eigenvalue weighted by atomic mass is 9.46. The number of carbonyl (C=O) groups is 1. The van der Waals surface area contributed by atoms with Gasteiger partial charge in [-0.05, 0) is 107 Å². The number of hydrogen-bond acceptors (Lipinski definition) is 2. The Balaban J connectivity index is 1.28. The minimum absolute atomic E-state index is 0.157. The molecule has 0 heterocycles. The van der Waals surface area contributed by atoms with Gasteiger partial charge in [0.25, 0.3) is 0 Å². The summed E-state index contributed by atoms with van der Waals surface area (Å²) >= 11 is -0.204. The Morgan fingerprint density at radius 3 is 1.93 bits per heavy atom. The van der Waals surface area contributed by atoms with Crippen LogP contribution in [0.4, 0.5) is 0 Å². The first kappa shape index (κ1) is 19.6. The van der Waals surface area contributed by atoms with Crippen LogP contribution in [0.5, 0.6) is 0 Å². The molecule has 2 nitrogen and oxygen atoms in total. The second kappa shape index (κ2) is 7.40. The molecule has 6 rings (SSSR count). The lowest BCUT2D eigenvalue weighted by Gasteiger charge is -2.61. The van der Waals surface area contributed by atoms with E-state index in [-0.39, 0.29) is 32.6 Å². The van der Waals surface area contributed by atoms with E-state index >= 15 is 0 Å². The molecule has 0 radical (unpaired) electrons. The lowest BCUT2D eigenvalue weighted by molar-refractivity contribution is -0.597. The van der Waals surface area contributed by atoms with E-state index in [9.17, 15) is 4.79 Å². The highest BCUT2D eigenvalue weighted by Gasteiger charge is 2.58. The van der Waals surface area contributed by atoms with Crippen LogP contribution in [-0.2, 0) is 4.74 Å². The quantitative estimate of drug-likeness (QED) is 0.466. The summed E-state index contributed by atoms with van der Waals surface area (Å²) < 4.78 is 8.96. The van der Waals surface area contributed by atoms with E-state index in [4.69, 9.17) is 4.74 Å². The molecule has 3 heteroatoms. The Bertz CT molecular complexity index is 849. The van der Waals surface area contributed by atoms with Crippen LogP contribution in [0, 0.1) is 30.3 Å². The van der Waals surface area contributed by atoms with Gasteiger partial charge in [0.05, 0.1) is 5.56 Å². The monoisotopic (exact) mass is 501 g/mol. The van der Waals surface area contributed by atoms with Crippen molar-refractivity contribution in [1.29, 1.82) is 0 Å². The molecule has 4 saturated carbocycles. The van der Waals surface area contributed by atoms with Gasteiger partial charge in [0, 0.05) is 5.41 Å². The van der Waals surface area contributed by atoms with Crippen molar-refractivity contribution >= 4 is 5.97 Å². The summed E-state index contributed by atoms with van der Waals surface area (Å²) in [6, 6.07) is 18.7. The summed E-state index contributed by atoms with van der Waals surface area (Å²) in [5.74, 6) is 2.43. The first-order chi connectivity index (χ1) is 13.9. The SMILES string of the molecule is CC(C)(OC(=O)c1ccc([I+]c2ccccc2)cc1)C12CC3CC(CC(C3)C1)C2. The van der Waals surface area contributed by atoms with Crippen molar-refractivity contribution in [3.05, 3.63) is 67.3 Å². The Morgan fingerprint density at radius 1 is 0.862 bits per heavy atom. The number of esters is 1.